The number of nitro groups is 1. The van der Waals surface area contributed by atoms with Crippen molar-refractivity contribution in [2.75, 3.05) is 0 Å². The van der Waals surface area contributed by atoms with E-state index in [0.717, 1.165) is 6.07 Å². The maximum Gasteiger partial charge on any atom is 0.305 e. The minimum atomic E-state index is -1.11. The summed E-state index contributed by atoms with van der Waals surface area (Å²) >= 11 is 5.61. The number of hydrogen-bond donors (Lipinski definition) is 2. The van der Waals surface area contributed by atoms with Gasteiger partial charge < -0.3 is 10.8 Å². The van der Waals surface area contributed by atoms with Crippen LogP contribution in [0.5, 0.6) is 0 Å². The standard InChI is InChI=1S/C9H9ClN2O4/c10-5-1-2-6(7(11)4-9(13)14)8(3-5)12(15)16/h1-3,7H,4,11H2,(H,13,14). The topological polar surface area (TPSA) is 106 Å². The molecule has 0 saturated heterocycles. The van der Waals surface area contributed by atoms with Crippen LogP contribution in [0, 0.1) is 10.1 Å². The number of rotatable bonds is 4. The van der Waals surface area contributed by atoms with E-state index in [9.17, 15) is 14.9 Å². The van der Waals surface area contributed by atoms with Gasteiger partial charge in [-0.05, 0) is 12.1 Å². The molecule has 1 atom stereocenters. The van der Waals surface area contributed by atoms with Crippen LogP contribution in [0.2, 0.25) is 5.02 Å². The van der Waals surface area contributed by atoms with Crippen molar-refractivity contribution >= 4 is 23.3 Å². The molecule has 3 N–H and O–H groups in total. The second kappa shape index (κ2) is 4.91. The molecule has 16 heavy (non-hydrogen) atoms. The molecule has 0 radical (unpaired) electrons. The van der Waals surface area contributed by atoms with Crippen LogP contribution in [-0.4, -0.2) is 16.0 Å². The summed E-state index contributed by atoms with van der Waals surface area (Å²) in [7, 11) is 0. The molecule has 1 aromatic carbocycles. The monoisotopic (exact) mass is 244 g/mol. The second-order valence-corrected chi connectivity index (χ2v) is 3.60. The Bertz CT molecular complexity index is 436. The van der Waals surface area contributed by atoms with Crippen molar-refractivity contribution in [2.24, 2.45) is 5.73 Å². The lowest BCUT2D eigenvalue weighted by molar-refractivity contribution is -0.385. The van der Waals surface area contributed by atoms with Gasteiger partial charge in [-0.15, -0.1) is 0 Å². The Morgan fingerprint density at radius 2 is 2.25 bits per heavy atom. The quantitative estimate of drug-likeness (QED) is 0.619. The van der Waals surface area contributed by atoms with Crippen molar-refractivity contribution in [3.05, 3.63) is 38.9 Å². The Morgan fingerprint density at radius 3 is 2.75 bits per heavy atom. The molecule has 7 heteroatoms. The van der Waals surface area contributed by atoms with Gasteiger partial charge in [-0.1, -0.05) is 11.6 Å². The van der Waals surface area contributed by atoms with Crippen molar-refractivity contribution in [3.63, 3.8) is 0 Å². The molecule has 0 spiro atoms. The van der Waals surface area contributed by atoms with Gasteiger partial charge in [0, 0.05) is 22.7 Å². The van der Waals surface area contributed by atoms with Crippen LogP contribution in [-0.2, 0) is 4.79 Å². The first-order valence-electron chi connectivity index (χ1n) is 4.33. The van der Waals surface area contributed by atoms with Crippen LogP contribution in [0.25, 0.3) is 0 Å². The Morgan fingerprint density at radius 1 is 1.62 bits per heavy atom. The van der Waals surface area contributed by atoms with Crippen molar-refractivity contribution in [1.82, 2.24) is 0 Å². The Balaban J connectivity index is 3.12. The third-order valence-electron chi connectivity index (χ3n) is 1.98. The maximum absolute atomic E-state index is 10.7. The van der Waals surface area contributed by atoms with Crippen molar-refractivity contribution in [2.45, 2.75) is 12.5 Å². The molecule has 86 valence electrons. The van der Waals surface area contributed by atoms with E-state index in [0.29, 0.717) is 0 Å². The van der Waals surface area contributed by atoms with Crippen LogP contribution < -0.4 is 5.73 Å². The summed E-state index contributed by atoms with van der Waals surface area (Å²) in [5.41, 5.74) is 5.46. The fourth-order valence-corrected chi connectivity index (χ4v) is 1.45. The highest BCUT2D eigenvalue weighted by Gasteiger charge is 2.21. The third-order valence-corrected chi connectivity index (χ3v) is 2.22. The van der Waals surface area contributed by atoms with Gasteiger partial charge in [0.1, 0.15) is 0 Å². The molecule has 0 aliphatic rings. The number of carboxylic acid groups (broad SMARTS) is 1. The first-order chi connectivity index (χ1) is 7.41. The van der Waals surface area contributed by atoms with E-state index < -0.39 is 16.9 Å². The van der Waals surface area contributed by atoms with E-state index in [1.807, 2.05) is 0 Å². The summed E-state index contributed by atoms with van der Waals surface area (Å²) in [6.45, 7) is 0. The van der Waals surface area contributed by atoms with Gasteiger partial charge >= 0.3 is 5.97 Å². The number of hydrogen-bond acceptors (Lipinski definition) is 4. The van der Waals surface area contributed by atoms with Gasteiger partial charge in [-0.25, -0.2) is 0 Å². The summed E-state index contributed by atoms with van der Waals surface area (Å²) in [6.07, 6.45) is -0.373. The minimum absolute atomic E-state index is 0.164. The first-order valence-corrected chi connectivity index (χ1v) is 4.71. The lowest BCUT2D eigenvalue weighted by Gasteiger charge is -2.09. The van der Waals surface area contributed by atoms with E-state index in [1.54, 1.807) is 0 Å². The molecule has 6 nitrogen and oxygen atoms in total. The number of halogens is 1. The average Bonchev–Trinajstić information content (AvgIpc) is 2.16. The molecule has 0 fully saturated rings. The van der Waals surface area contributed by atoms with Gasteiger partial charge in [-0.3, -0.25) is 14.9 Å². The third kappa shape index (κ3) is 2.91. The van der Waals surface area contributed by atoms with Gasteiger partial charge in [0.15, 0.2) is 0 Å². The second-order valence-electron chi connectivity index (χ2n) is 3.16. The molecule has 1 aromatic rings. The molecule has 0 aliphatic carbocycles. The highest BCUT2D eigenvalue weighted by atomic mass is 35.5. The smallest absolute Gasteiger partial charge is 0.305 e. The number of nitro benzene ring substituents is 1. The highest BCUT2D eigenvalue weighted by Crippen LogP contribution is 2.28. The lowest BCUT2D eigenvalue weighted by Crippen LogP contribution is -2.16. The molecule has 0 amide bonds. The van der Waals surface area contributed by atoms with Crippen LogP contribution in [0.4, 0.5) is 5.69 Å². The molecule has 1 unspecified atom stereocenters. The highest BCUT2D eigenvalue weighted by molar-refractivity contribution is 6.30. The fourth-order valence-electron chi connectivity index (χ4n) is 1.29. The van der Waals surface area contributed by atoms with Crippen LogP contribution >= 0.6 is 11.6 Å². The molecule has 0 heterocycles. The summed E-state index contributed by atoms with van der Waals surface area (Å²) in [4.78, 5) is 20.5. The number of nitrogens with two attached hydrogens (primary N) is 1. The fraction of sp³-hybridized carbons (Fsp3) is 0.222. The Hall–Kier alpha value is -1.66. The molecule has 0 saturated carbocycles. The minimum Gasteiger partial charge on any atom is -0.481 e. The van der Waals surface area contributed by atoms with Gasteiger partial charge in [0.2, 0.25) is 0 Å². The van der Waals surface area contributed by atoms with E-state index in [4.69, 9.17) is 22.4 Å². The SMILES string of the molecule is NC(CC(=O)O)c1ccc(Cl)cc1[N+](=O)[O-]. The van der Waals surface area contributed by atoms with Crippen LogP contribution in [0.3, 0.4) is 0 Å². The number of benzene rings is 1. The molecule has 0 aromatic heterocycles. The molecule has 0 bridgehead atoms. The number of aliphatic carboxylic acids is 1. The molecule has 0 aliphatic heterocycles. The predicted molar refractivity (Wildman–Crippen MR) is 57.3 cm³/mol. The van der Waals surface area contributed by atoms with E-state index in [-0.39, 0.29) is 22.7 Å². The number of carboxylic acids is 1. The van der Waals surface area contributed by atoms with E-state index >= 15 is 0 Å². The summed E-state index contributed by atoms with van der Waals surface area (Å²) < 4.78 is 0. The van der Waals surface area contributed by atoms with Crippen molar-refractivity contribution < 1.29 is 14.8 Å². The normalized spacial score (nSPS) is 12.1. The number of nitrogens with zero attached hydrogens (tertiary/aromatic N) is 1. The van der Waals surface area contributed by atoms with E-state index in [1.165, 1.54) is 12.1 Å². The number of carbonyl (C=O) groups is 1. The average molecular weight is 245 g/mol. The van der Waals surface area contributed by atoms with Gasteiger partial charge in [0.25, 0.3) is 5.69 Å². The van der Waals surface area contributed by atoms with E-state index in [2.05, 4.69) is 0 Å². The Labute approximate surface area is 95.8 Å². The Kier molecular flexibility index (Phi) is 3.81. The predicted octanol–water partition coefficient (Wildman–Crippen LogP) is 1.72. The lowest BCUT2D eigenvalue weighted by atomic mass is 10.0. The van der Waals surface area contributed by atoms with Crippen LogP contribution in [0.15, 0.2) is 18.2 Å². The van der Waals surface area contributed by atoms with Crippen molar-refractivity contribution in [3.8, 4) is 0 Å². The van der Waals surface area contributed by atoms with Crippen molar-refractivity contribution in [1.29, 1.82) is 0 Å². The van der Waals surface area contributed by atoms with Gasteiger partial charge in [-0.2, -0.15) is 0 Å². The first kappa shape index (κ1) is 12.4. The zero-order valence-electron chi connectivity index (χ0n) is 8.09. The van der Waals surface area contributed by atoms with Gasteiger partial charge in [0.05, 0.1) is 11.3 Å². The maximum atomic E-state index is 10.7. The largest absolute Gasteiger partial charge is 0.481 e. The molecule has 1 rings (SSSR count). The zero-order valence-corrected chi connectivity index (χ0v) is 8.85. The zero-order chi connectivity index (χ0) is 12.3. The molecular weight excluding hydrogens is 236 g/mol. The molecular formula is C9H9ClN2O4. The summed E-state index contributed by atoms with van der Waals surface area (Å²) in [5, 5.41) is 19.5. The summed E-state index contributed by atoms with van der Waals surface area (Å²) in [5.74, 6) is -1.11. The van der Waals surface area contributed by atoms with Crippen LogP contribution in [0.1, 0.15) is 18.0 Å². The summed E-state index contributed by atoms with van der Waals surface area (Å²) in [6, 6.07) is 3.04.